The predicted octanol–water partition coefficient (Wildman–Crippen LogP) is 6.29. The van der Waals surface area contributed by atoms with E-state index in [1.807, 2.05) is 42.0 Å². The summed E-state index contributed by atoms with van der Waals surface area (Å²) < 4.78 is 35.1. The average molecular weight is 506 g/mol. The zero-order chi connectivity index (χ0) is 25.0. The van der Waals surface area contributed by atoms with E-state index >= 15 is 0 Å². The van der Waals surface area contributed by atoms with Gasteiger partial charge in [-0.05, 0) is 56.5 Å². The van der Waals surface area contributed by atoms with Gasteiger partial charge in [0.25, 0.3) is 0 Å². The Bertz CT molecular complexity index is 1590. The van der Waals surface area contributed by atoms with E-state index in [-0.39, 0.29) is 5.91 Å². The summed E-state index contributed by atoms with van der Waals surface area (Å²) in [6.45, 7) is 3.76. The lowest BCUT2D eigenvalue weighted by atomic mass is 9.99. The Labute approximate surface area is 209 Å². The summed E-state index contributed by atoms with van der Waals surface area (Å²) in [4.78, 5) is 24.1. The quantitative estimate of drug-likeness (QED) is 0.287. The fraction of sp³-hybridized carbons (Fsp3) is 0.231. The Balaban J connectivity index is 1.55. The first-order chi connectivity index (χ1) is 17.4. The molecule has 2 aromatic carbocycles. The third-order valence-electron chi connectivity index (χ3n) is 6.54. The van der Waals surface area contributed by atoms with Crippen LogP contribution >= 0.6 is 11.3 Å². The van der Waals surface area contributed by atoms with Crippen molar-refractivity contribution in [3.8, 4) is 16.3 Å². The minimum atomic E-state index is -0.998. The minimum absolute atomic E-state index is 0.161. The van der Waals surface area contributed by atoms with E-state index < -0.39 is 17.7 Å². The van der Waals surface area contributed by atoms with Gasteiger partial charge in [0, 0.05) is 35.3 Å². The van der Waals surface area contributed by atoms with Gasteiger partial charge in [0.1, 0.15) is 11.6 Å². The van der Waals surface area contributed by atoms with E-state index in [1.165, 1.54) is 22.3 Å². The minimum Gasteiger partial charge on any atom is -0.361 e. The second-order valence-electron chi connectivity index (χ2n) is 8.79. The van der Waals surface area contributed by atoms with Gasteiger partial charge in [-0.1, -0.05) is 11.2 Å². The number of amides is 1. The van der Waals surface area contributed by atoms with E-state index in [9.17, 15) is 13.6 Å². The van der Waals surface area contributed by atoms with Crippen molar-refractivity contribution in [3.63, 3.8) is 0 Å². The highest BCUT2D eigenvalue weighted by atomic mass is 32.1. The lowest BCUT2D eigenvalue weighted by Crippen LogP contribution is -2.39. The Hall–Kier alpha value is -3.92. The molecule has 0 radical (unpaired) electrons. The molecule has 6 rings (SSSR count). The van der Waals surface area contributed by atoms with Crippen molar-refractivity contribution >= 4 is 34.0 Å². The van der Waals surface area contributed by atoms with Gasteiger partial charge in [-0.3, -0.25) is 9.36 Å². The van der Waals surface area contributed by atoms with Crippen molar-refractivity contribution in [1.82, 2.24) is 19.7 Å². The number of fused-ring (bicyclic) bond motifs is 1. The molecule has 0 saturated carbocycles. The highest BCUT2D eigenvalue weighted by Gasteiger charge is 2.35. The maximum Gasteiger partial charge on any atom is 0.227 e. The Morgan fingerprint density at radius 3 is 2.69 bits per heavy atom. The van der Waals surface area contributed by atoms with Crippen LogP contribution in [0.2, 0.25) is 0 Å². The van der Waals surface area contributed by atoms with Crippen LogP contribution in [0.15, 0.2) is 52.5 Å². The maximum atomic E-state index is 14.2. The van der Waals surface area contributed by atoms with Crippen molar-refractivity contribution in [2.45, 2.75) is 39.2 Å². The average Bonchev–Trinajstić information content (AvgIpc) is 3.59. The number of aromatic nitrogens is 4. The third kappa shape index (κ3) is 3.60. The van der Waals surface area contributed by atoms with Crippen LogP contribution in [0.5, 0.6) is 0 Å². The zero-order valence-electron chi connectivity index (χ0n) is 19.5. The Morgan fingerprint density at radius 2 is 1.97 bits per heavy atom. The highest BCUT2D eigenvalue weighted by Crippen LogP contribution is 2.39. The number of hydrogen-bond acceptors (Lipinski definition) is 6. The molecule has 1 saturated heterocycles. The van der Waals surface area contributed by atoms with Crippen LogP contribution in [0, 0.1) is 25.5 Å². The van der Waals surface area contributed by atoms with Gasteiger partial charge in [0.2, 0.25) is 5.91 Å². The molecule has 1 atom stereocenters. The number of benzene rings is 2. The number of halogens is 2. The van der Waals surface area contributed by atoms with Gasteiger partial charge in [-0.25, -0.2) is 18.7 Å². The molecule has 1 aliphatic heterocycles. The van der Waals surface area contributed by atoms with Gasteiger partial charge in [0.05, 0.1) is 22.8 Å². The van der Waals surface area contributed by atoms with Gasteiger partial charge in [-0.15, -0.1) is 11.3 Å². The van der Waals surface area contributed by atoms with E-state index in [0.29, 0.717) is 41.7 Å². The lowest BCUT2D eigenvalue weighted by Gasteiger charge is -2.35. The summed E-state index contributed by atoms with van der Waals surface area (Å²) in [7, 11) is 0. The molecular formula is C26H21F2N5O2S. The fourth-order valence-corrected chi connectivity index (χ4v) is 5.64. The van der Waals surface area contributed by atoms with E-state index in [4.69, 9.17) is 9.51 Å². The van der Waals surface area contributed by atoms with Gasteiger partial charge in [-0.2, -0.15) is 0 Å². The molecule has 36 heavy (non-hydrogen) atoms. The van der Waals surface area contributed by atoms with Crippen molar-refractivity contribution < 1.29 is 18.1 Å². The number of carbonyl (C=O) groups is 1. The number of hydrogen-bond donors (Lipinski definition) is 0. The molecule has 3 aromatic heterocycles. The number of nitrogens with zero attached hydrogens (tertiary/aromatic N) is 5. The molecular weight excluding hydrogens is 484 g/mol. The smallest absolute Gasteiger partial charge is 0.227 e. The zero-order valence-corrected chi connectivity index (χ0v) is 20.4. The predicted molar refractivity (Wildman–Crippen MR) is 132 cm³/mol. The number of anilines is 1. The summed E-state index contributed by atoms with van der Waals surface area (Å²) in [5.74, 6) is -0.780. The second-order valence-corrected chi connectivity index (χ2v) is 9.67. The SMILES string of the molecule is Cc1noc(C)c1-c1ccc2c(c1)nc([C@@H]1CCCC(=O)N1c1ccc(F)c(F)c1)n2-c1nccs1. The molecule has 182 valence electrons. The van der Waals surface area contributed by atoms with Crippen molar-refractivity contribution in [2.75, 3.05) is 4.90 Å². The Kier molecular flexibility index (Phi) is 5.40. The number of aryl methyl sites for hydroxylation is 2. The molecule has 0 spiro atoms. The molecule has 0 bridgehead atoms. The standard InChI is InChI=1S/C26H21F2N5O2S/c1-14-24(15(2)35-31-14)16-6-9-21-20(12-16)30-25(33(21)26-29-10-11-36-26)22-4-3-5-23(34)32(22)17-7-8-18(27)19(28)13-17/h6-13,22H,3-5H2,1-2H3/t22-/m0/s1. The molecule has 0 N–H and O–H groups in total. The first-order valence-corrected chi connectivity index (χ1v) is 12.4. The number of imidazole rings is 1. The van der Waals surface area contributed by atoms with E-state index in [0.717, 1.165) is 40.0 Å². The molecule has 1 amide bonds. The highest BCUT2D eigenvalue weighted by molar-refractivity contribution is 7.12. The topological polar surface area (TPSA) is 77.0 Å². The van der Waals surface area contributed by atoms with E-state index in [2.05, 4.69) is 10.1 Å². The number of carbonyl (C=O) groups excluding carboxylic acids is 1. The number of rotatable bonds is 4. The van der Waals surface area contributed by atoms with Crippen LogP contribution < -0.4 is 4.90 Å². The largest absolute Gasteiger partial charge is 0.361 e. The van der Waals surface area contributed by atoms with Crippen LogP contribution in [-0.4, -0.2) is 25.6 Å². The van der Waals surface area contributed by atoms with Crippen molar-refractivity contribution in [1.29, 1.82) is 0 Å². The number of thiazole rings is 1. The first-order valence-electron chi connectivity index (χ1n) is 11.5. The van der Waals surface area contributed by atoms with Crippen LogP contribution in [0.3, 0.4) is 0 Å². The number of piperidine rings is 1. The molecule has 1 fully saturated rings. The maximum absolute atomic E-state index is 14.2. The first kappa shape index (κ1) is 22.5. The molecule has 0 aliphatic carbocycles. The normalized spacial score (nSPS) is 16.3. The molecule has 5 aromatic rings. The summed E-state index contributed by atoms with van der Waals surface area (Å²) in [5, 5.41) is 6.65. The van der Waals surface area contributed by atoms with E-state index in [1.54, 1.807) is 6.20 Å². The summed E-state index contributed by atoms with van der Waals surface area (Å²) in [6.07, 6.45) is 3.32. The fourth-order valence-electron chi connectivity index (χ4n) is 4.97. The monoisotopic (exact) mass is 505 g/mol. The van der Waals surface area contributed by atoms with Gasteiger partial charge < -0.3 is 9.42 Å². The second kappa shape index (κ2) is 8.63. The van der Waals surface area contributed by atoms with Crippen molar-refractivity contribution in [2.24, 2.45) is 0 Å². The summed E-state index contributed by atoms with van der Waals surface area (Å²) in [6, 6.07) is 9.00. The molecule has 10 heteroatoms. The van der Waals surface area contributed by atoms with Crippen LogP contribution in [-0.2, 0) is 4.79 Å². The van der Waals surface area contributed by atoms with Crippen LogP contribution in [0.1, 0.15) is 42.6 Å². The molecule has 0 unspecified atom stereocenters. The lowest BCUT2D eigenvalue weighted by molar-refractivity contribution is -0.120. The molecule has 1 aliphatic rings. The van der Waals surface area contributed by atoms with Crippen LogP contribution in [0.25, 0.3) is 27.3 Å². The summed E-state index contributed by atoms with van der Waals surface area (Å²) >= 11 is 1.46. The third-order valence-corrected chi connectivity index (χ3v) is 7.30. The Morgan fingerprint density at radius 1 is 1.11 bits per heavy atom. The van der Waals surface area contributed by atoms with Crippen LogP contribution in [0.4, 0.5) is 14.5 Å². The molecule has 7 nitrogen and oxygen atoms in total. The van der Waals surface area contributed by atoms with Gasteiger partial charge in [0.15, 0.2) is 16.8 Å². The molecule has 4 heterocycles. The summed E-state index contributed by atoms with van der Waals surface area (Å²) in [5.41, 5.74) is 4.48. The van der Waals surface area contributed by atoms with Crippen molar-refractivity contribution in [3.05, 3.63) is 76.9 Å². The van der Waals surface area contributed by atoms with Gasteiger partial charge >= 0.3 is 0 Å².